The Kier molecular flexibility index (Phi) is 4.34. The van der Waals surface area contributed by atoms with Gasteiger partial charge >= 0.3 is 5.97 Å². The first kappa shape index (κ1) is 16.2. The van der Waals surface area contributed by atoms with Crippen LogP contribution >= 0.6 is 11.6 Å². The number of hydrogen-bond acceptors (Lipinski definition) is 3. The Morgan fingerprint density at radius 1 is 1.14 bits per heavy atom. The van der Waals surface area contributed by atoms with E-state index in [0.717, 1.165) is 24.3 Å². The molecule has 116 valence electrons. The highest BCUT2D eigenvalue weighted by molar-refractivity contribution is 7.92. The van der Waals surface area contributed by atoms with Gasteiger partial charge in [-0.15, -0.1) is 0 Å². The summed E-state index contributed by atoms with van der Waals surface area (Å²) >= 11 is 5.70. The molecular weight excluding hydrogens is 340 g/mol. The van der Waals surface area contributed by atoms with Crippen LogP contribution in [0.15, 0.2) is 41.3 Å². The average molecular weight is 348 g/mol. The predicted molar refractivity (Wildman–Crippen MR) is 75.6 cm³/mol. The third-order valence-corrected chi connectivity index (χ3v) is 4.27. The van der Waals surface area contributed by atoms with E-state index in [4.69, 9.17) is 16.7 Å². The second kappa shape index (κ2) is 5.90. The fourth-order valence-electron chi connectivity index (χ4n) is 1.68. The van der Waals surface area contributed by atoms with Crippen LogP contribution in [0.5, 0.6) is 0 Å². The molecule has 0 saturated carbocycles. The van der Waals surface area contributed by atoms with Gasteiger partial charge in [-0.2, -0.15) is 0 Å². The molecule has 0 aromatic heterocycles. The fraction of sp³-hybridized carbons (Fsp3) is 0. The fourth-order valence-corrected chi connectivity index (χ4v) is 2.98. The first-order valence-corrected chi connectivity index (χ1v) is 7.57. The normalized spacial score (nSPS) is 11.2. The van der Waals surface area contributed by atoms with E-state index in [9.17, 15) is 22.0 Å². The molecule has 0 unspecified atom stereocenters. The molecule has 5 nitrogen and oxygen atoms in total. The van der Waals surface area contributed by atoms with Crippen LogP contribution in [-0.2, 0) is 10.0 Å². The first-order valence-electron chi connectivity index (χ1n) is 5.71. The molecule has 0 spiro atoms. The second-order valence-electron chi connectivity index (χ2n) is 4.18. The molecule has 2 aromatic rings. The number of halogens is 3. The van der Waals surface area contributed by atoms with E-state index in [0.29, 0.717) is 6.07 Å². The maximum Gasteiger partial charge on any atom is 0.337 e. The summed E-state index contributed by atoms with van der Waals surface area (Å²) < 4.78 is 52.6. The number of benzene rings is 2. The van der Waals surface area contributed by atoms with Crippen molar-refractivity contribution in [2.45, 2.75) is 4.90 Å². The van der Waals surface area contributed by atoms with Gasteiger partial charge in [0.2, 0.25) is 0 Å². The monoisotopic (exact) mass is 347 g/mol. The molecule has 22 heavy (non-hydrogen) atoms. The topological polar surface area (TPSA) is 83.5 Å². The second-order valence-corrected chi connectivity index (χ2v) is 6.26. The summed E-state index contributed by atoms with van der Waals surface area (Å²) in [7, 11) is -4.45. The van der Waals surface area contributed by atoms with Gasteiger partial charge in [-0.05, 0) is 30.3 Å². The molecule has 0 saturated heterocycles. The minimum absolute atomic E-state index is 0.0854. The molecule has 0 aliphatic heterocycles. The lowest BCUT2D eigenvalue weighted by molar-refractivity contribution is 0.0698. The number of sulfonamides is 1. The van der Waals surface area contributed by atoms with E-state index >= 15 is 0 Å². The number of carbonyl (C=O) groups is 1. The van der Waals surface area contributed by atoms with Crippen LogP contribution in [-0.4, -0.2) is 19.5 Å². The third-order valence-electron chi connectivity index (χ3n) is 2.64. The zero-order chi connectivity index (χ0) is 16.5. The van der Waals surface area contributed by atoms with E-state index < -0.39 is 32.5 Å². The molecule has 0 aliphatic carbocycles. The Hall–Kier alpha value is -2.19. The number of nitrogens with one attached hydrogen (secondary N) is 1. The number of aromatic carboxylic acids is 1. The van der Waals surface area contributed by atoms with Crippen LogP contribution in [0.3, 0.4) is 0 Å². The predicted octanol–water partition coefficient (Wildman–Crippen LogP) is 3.12. The summed E-state index contributed by atoms with van der Waals surface area (Å²) in [6.45, 7) is 0. The van der Waals surface area contributed by atoms with E-state index in [1.807, 2.05) is 4.72 Å². The van der Waals surface area contributed by atoms with Crippen molar-refractivity contribution in [3.63, 3.8) is 0 Å². The molecule has 0 atom stereocenters. The van der Waals surface area contributed by atoms with Crippen LogP contribution in [0.25, 0.3) is 0 Å². The molecule has 2 aromatic carbocycles. The van der Waals surface area contributed by atoms with Crippen molar-refractivity contribution in [2.24, 2.45) is 0 Å². The quantitative estimate of drug-likeness (QED) is 0.890. The van der Waals surface area contributed by atoms with E-state index in [1.165, 1.54) is 6.07 Å². The molecule has 0 radical (unpaired) electrons. The molecule has 9 heteroatoms. The molecular formula is C13H8ClF2NO4S. The van der Waals surface area contributed by atoms with Gasteiger partial charge in [-0.1, -0.05) is 11.6 Å². The van der Waals surface area contributed by atoms with Gasteiger partial charge in [0.15, 0.2) is 0 Å². The van der Waals surface area contributed by atoms with Crippen LogP contribution in [0.1, 0.15) is 10.4 Å². The largest absolute Gasteiger partial charge is 0.478 e. The lowest BCUT2D eigenvalue weighted by atomic mass is 10.2. The van der Waals surface area contributed by atoms with E-state index in [1.54, 1.807) is 0 Å². The Morgan fingerprint density at radius 3 is 2.41 bits per heavy atom. The molecule has 2 N–H and O–H groups in total. The highest BCUT2D eigenvalue weighted by atomic mass is 35.5. The molecule has 0 heterocycles. The van der Waals surface area contributed by atoms with Crippen molar-refractivity contribution < 1.29 is 27.1 Å². The number of hydrogen-bond donors (Lipinski definition) is 2. The lowest BCUT2D eigenvalue weighted by Crippen LogP contribution is -2.17. The van der Waals surface area contributed by atoms with Crippen molar-refractivity contribution in [1.82, 2.24) is 0 Å². The maximum atomic E-state index is 13.6. The number of rotatable bonds is 4. The summed E-state index contributed by atoms with van der Waals surface area (Å²) in [5.41, 5.74) is -0.695. The zero-order valence-electron chi connectivity index (χ0n) is 10.7. The molecule has 0 bridgehead atoms. The maximum absolute atomic E-state index is 13.6. The van der Waals surface area contributed by atoms with E-state index in [-0.39, 0.29) is 16.3 Å². The number of carboxylic acids is 1. The van der Waals surface area contributed by atoms with Gasteiger partial charge in [0.05, 0.1) is 11.3 Å². The molecule has 0 amide bonds. The Bertz CT molecular complexity index is 855. The number of anilines is 1. The van der Waals surface area contributed by atoms with Crippen molar-refractivity contribution >= 4 is 33.3 Å². The lowest BCUT2D eigenvalue weighted by Gasteiger charge is -2.11. The van der Waals surface area contributed by atoms with Gasteiger partial charge < -0.3 is 5.11 Å². The first-order chi connectivity index (χ1) is 10.2. The van der Waals surface area contributed by atoms with Crippen molar-refractivity contribution in [3.8, 4) is 0 Å². The molecule has 0 aliphatic rings. The van der Waals surface area contributed by atoms with Crippen molar-refractivity contribution in [1.29, 1.82) is 0 Å². The standard InChI is InChI=1S/C13H8ClF2NO4S/c14-7-1-3-9(13(18)19)11(5-7)17-22(20,21)12-4-2-8(15)6-10(12)16/h1-6,17H,(H,18,19). The van der Waals surface area contributed by atoms with Gasteiger partial charge in [-0.3, -0.25) is 4.72 Å². The summed E-state index contributed by atoms with van der Waals surface area (Å²) in [4.78, 5) is 10.3. The SMILES string of the molecule is O=C(O)c1ccc(Cl)cc1NS(=O)(=O)c1ccc(F)cc1F. The zero-order valence-corrected chi connectivity index (χ0v) is 12.3. The summed E-state index contributed by atoms with van der Waals surface area (Å²) in [6.07, 6.45) is 0. The van der Waals surface area contributed by atoms with Crippen LogP contribution < -0.4 is 4.72 Å². The van der Waals surface area contributed by atoms with E-state index in [2.05, 4.69) is 0 Å². The highest BCUT2D eigenvalue weighted by Crippen LogP contribution is 2.25. The summed E-state index contributed by atoms with van der Waals surface area (Å²) in [5.74, 6) is -3.63. The van der Waals surface area contributed by atoms with Gasteiger partial charge in [0, 0.05) is 11.1 Å². The van der Waals surface area contributed by atoms with Gasteiger partial charge in [-0.25, -0.2) is 22.0 Å². The average Bonchev–Trinajstić information content (AvgIpc) is 2.37. The Labute approximate surface area is 129 Å². The van der Waals surface area contributed by atoms with Gasteiger partial charge in [0.25, 0.3) is 10.0 Å². The van der Waals surface area contributed by atoms with Crippen molar-refractivity contribution in [3.05, 3.63) is 58.6 Å². The Balaban J connectivity index is 2.49. The highest BCUT2D eigenvalue weighted by Gasteiger charge is 2.22. The summed E-state index contributed by atoms with van der Waals surface area (Å²) in [5, 5.41) is 9.10. The smallest absolute Gasteiger partial charge is 0.337 e. The minimum Gasteiger partial charge on any atom is -0.478 e. The number of carboxylic acid groups (broad SMARTS) is 1. The minimum atomic E-state index is -4.45. The van der Waals surface area contributed by atoms with Gasteiger partial charge in [0.1, 0.15) is 16.5 Å². The van der Waals surface area contributed by atoms with Crippen LogP contribution in [0.4, 0.5) is 14.5 Å². The van der Waals surface area contributed by atoms with Crippen molar-refractivity contribution in [2.75, 3.05) is 4.72 Å². The Morgan fingerprint density at radius 2 is 1.82 bits per heavy atom. The van der Waals surface area contributed by atoms with Crippen LogP contribution in [0, 0.1) is 11.6 Å². The third kappa shape index (κ3) is 3.34. The van der Waals surface area contributed by atoms with Crippen LogP contribution in [0.2, 0.25) is 5.02 Å². The summed E-state index contributed by atoms with van der Waals surface area (Å²) in [6, 6.07) is 5.35. The molecule has 2 rings (SSSR count). The molecule has 0 fully saturated rings.